The van der Waals surface area contributed by atoms with Crippen molar-refractivity contribution in [2.24, 2.45) is 0 Å². The zero-order valence-electron chi connectivity index (χ0n) is 13.0. The van der Waals surface area contributed by atoms with Crippen molar-refractivity contribution in [3.05, 3.63) is 24.3 Å². The van der Waals surface area contributed by atoms with Gasteiger partial charge in [-0.05, 0) is 56.6 Å². The number of likely N-dealkylation sites (tertiary alicyclic amines) is 2. The second-order valence-electron chi connectivity index (χ2n) is 6.04. The van der Waals surface area contributed by atoms with Crippen LogP contribution < -0.4 is 5.32 Å². The lowest BCUT2D eigenvalue weighted by molar-refractivity contribution is 0.210. The molecule has 2 heterocycles. The summed E-state index contributed by atoms with van der Waals surface area (Å²) in [6.07, 6.45) is 5.29. The first kappa shape index (κ1) is 15.5. The highest BCUT2D eigenvalue weighted by Crippen LogP contribution is 2.21. The summed E-state index contributed by atoms with van der Waals surface area (Å²) in [6.45, 7) is 4.00. The fourth-order valence-electron chi connectivity index (χ4n) is 3.26. The van der Waals surface area contributed by atoms with Crippen molar-refractivity contribution in [3.8, 4) is 0 Å². The second-order valence-corrected chi connectivity index (χ2v) is 7.42. The second kappa shape index (κ2) is 6.79. The third-order valence-corrected chi connectivity index (χ3v) is 5.48. The van der Waals surface area contributed by atoms with Gasteiger partial charge in [-0.25, -0.2) is 4.79 Å². The van der Waals surface area contributed by atoms with Gasteiger partial charge >= 0.3 is 6.03 Å². The van der Waals surface area contributed by atoms with Crippen LogP contribution in [-0.4, -0.2) is 58.5 Å². The quantitative estimate of drug-likeness (QED) is 0.928. The molecule has 0 saturated carbocycles. The minimum absolute atomic E-state index is 0.0351. The van der Waals surface area contributed by atoms with E-state index in [0.29, 0.717) is 6.04 Å². The molecule has 2 unspecified atom stereocenters. The molecular weight excluding hydrogens is 298 g/mol. The van der Waals surface area contributed by atoms with Crippen molar-refractivity contribution in [1.82, 2.24) is 9.80 Å². The summed E-state index contributed by atoms with van der Waals surface area (Å²) in [5, 5.41) is 2.93. The number of rotatable bonds is 3. The standard InChI is InChI=1S/C16H23N3O2S/c1-22(21)15-6-4-13(5-7-15)17-16(20)19-11-8-14(12-19)18-9-2-3-10-18/h4-7,14H,2-3,8-12H2,1H3,(H,17,20). The molecule has 2 amide bonds. The van der Waals surface area contributed by atoms with Gasteiger partial charge in [0.1, 0.15) is 0 Å². The summed E-state index contributed by atoms with van der Waals surface area (Å²) in [5.74, 6) is 0. The predicted molar refractivity (Wildman–Crippen MR) is 88.6 cm³/mol. The molecule has 1 aromatic carbocycles. The van der Waals surface area contributed by atoms with Crippen LogP contribution in [0.25, 0.3) is 0 Å². The molecule has 2 aliphatic heterocycles. The molecule has 0 bridgehead atoms. The van der Waals surface area contributed by atoms with Gasteiger partial charge in [-0.2, -0.15) is 0 Å². The van der Waals surface area contributed by atoms with E-state index < -0.39 is 10.8 Å². The van der Waals surface area contributed by atoms with Crippen molar-refractivity contribution >= 4 is 22.5 Å². The highest BCUT2D eigenvalue weighted by molar-refractivity contribution is 7.84. The van der Waals surface area contributed by atoms with E-state index in [1.54, 1.807) is 18.4 Å². The molecule has 120 valence electrons. The number of nitrogens with one attached hydrogen (secondary N) is 1. The number of benzene rings is 1. The van der Waals surface area contributed by atoms with E-state index in [1.165, 1.54) is 25.9 Å². The Morgan fingerprint density at radius 3 is 2.50 bits per heavy atom. The Morgan fingerprint density at radius 1 is 1.18 bits per heavy atom. The maximum atomic E-state index is 12.3. The van der Waals surface area contributed by atoms with Crippen LogP contribution in [-0.2, 0) is 10.8 Å². The van der Waals surface area contributed by atoms with Gasteiger partial charge < -0.3 is 10.2 Å². The first-order chi connectivity index (χ1) is 10.6. The number of carbonyl (C=O) groups is 1. The molecule has 22 heavy (non-hydrogen) atoms. The van der Waals surface area contributed by atoms with E-state index in [1.807, 2.05) is 17.0 Å². The van der Waals surface area contributed by atoms with E-state index in [0.717, 1.165) is 30.1 Å². The first-order valence-electron chi connectivity index (χ1n) is 7.87. The van der Waals surface area contributed by atoms with Crippen molar-refractivity contribution in [2.45, 2.75) is 30.2 Å². The number of hydrogen-bond acceptors (Lipinski definition) is 3. The third kappa shape index (κ3) is 3.50. The number of carbonyl (C=O) groups excluding carboxylic acids is 1. The van der Waals surface area contributed by atoms with E-state index >= 15 is 0 Å². The summed E-state index contributed by atoms with van der Waals surface area (Å²) in [4.78, 5) is 17.5. The van der Waals surface area contributed by atoms with Crippen LogP contribution in [0.15, 0.2) is 29.2 Å². The maximum Gasteiger partial charge on any atom is 0.321 e. The minimum atomic E-state index is -0.987. The van der Waals surface area contributed by atoms with E-state index in [4.69, 9.17) is 0 Å². The predicted octanol–water partition coefficient (Wildman–Crippen LogP) is 2.13. The van der Waals surface area contributed by atoms with Gasteiger partial charge in [-0.15, -0.1) is 0 Å². The largest absolute Gasteiger partial charge is 0.323 e. The first-order valence-corrected chi connectivity index (χ1v) is 9.43. The van der Waals surface area contributed by atoms with Crippen molar-refractivity contribution in [3.63, 3.8) is 0 Å². The Morgan fingerprint density at radius 2 is 1.86 bits per heavy atom. The van der Waals surface area contributed by atoms with E-state index in [-0.39, 0.29) is 6.03 Å². The zero-order valence-corrected chi connectivity index (χ0v) is 13.8. The lowest BCUT2D eigenvalue weighted by Gasteiger charge is -2.23. The summed E-state index contributed by atoms with van der Waals surface area (Å²) in [7, 11) is -0.987. The van der Waals surface area contributed by atoms with Crippen LogP contribution in [0.3, 0.4) is 0 Å². The molecular formula is C16H23N3O2S. The van der Waals surface area contributed by atoms with Crippen LogP contribution in [0.5, 0.6) is 0 Å². The Hall–Kier alpha value is -1.40. The average molecular weight is 321 g/mol. The normalized spacial score (nSPS) is 23.7. The highest BCUT2D eigenvalue weighted by Gasteiger charge is 2.31. The Bertz CT molecular complexity index is 555. The topological polar surface area (TPSA) is 52.7 Å². The molecule has 0 aromatic heterocycles. The third-order valence-electron chi connectivity index (χ3n) is 4.55. The lowest BCUT2D eigenvalue weighted by atomic mass is 10.2. The highest BCUT2D eigenvalue weighted by atomic mass is 32.2. The van der Waals surface area contributed by atoms with E-state index in [9.17, 15) is 9.00 Å². The fraction of sp³-hybridized carbons (Fsp3) is 0.562. The molecule has 2 fully saturated rings. The minimum Gasteiger partial charge on any atom is -0.323 e. The van der Waals surface area contributed by atoms with Crippen LogP contribution in [0.4, 0.5) is 10.5 Å². The number of nitrogens with zero attached hydrogens (tertiary/aromatic N) is 2. The number of urea groups is 1. The van der Waals surface area contributed by atoms with Crippen molar-refractivity contribution in [1.29, 1.82) is 0 Å². The fourth-order valence-corrected chi connectivity index (χ4v) is 3.78. The summed E-state index contributed by atoms with van der Waals surface area (Å²) in [5.41, 5.74) is 0.754. The van der Waals surface area contributed by atoms with Gasteiger partial charge in [0.05, 0.1) is 0 Å². The van der Waals surface area contributed by atoms with Crippen LogP contribution >= 0.6 is 0 Å². The summed E-state index contributed by atoms with van der Waals surface area (Å²) in [6, 6.07) is 7.70. The summed E-state index contributed by atoms with van der Waals surface area (Å²) >= 11 is 0. The molecule has 3 rings (SSSR count). The van der Waals surface area contributed by atoms with Crippen LogP contribution in [0.1, 0.15) is 19.3 Å². The van der Waals surface area contributed by atoms with Gasteiger partial charge in [0, 0.05) is 46.8 Å². The van der Waals surface area contributed by atoms with Crippen LogP contribution in [0, 0.1) is 0 Å². The average Bonchev–Trinajstić information content (AvgIpc) is 3.19. The zero-order chi connectivity index (χ0) is 15.5. The molecule has 2 atom stereocenters. The molecule has 5 nitrogen and oxygen atoms in total. The molecule has 1 aromatic rings. The van der Waals surface area contributed by atoms with Crippen LogP contribution in [0.2, 0.25) is 0 Å². The maximum absolute atomic E-state index is 12.3. The Labute approximate surface area is 134 Å². The van der Waals surface area contributed by atoms with Gasteiger partial charge in [0.15, 0.2) is 0 Å². The molecule has 0 spiro atoms. The Kier molecular flexibility index (Phi) is 4.78. The molecule has 0 radical (unpaired) electrons. The summed E-state index contributed by atoms with van der Waals surface area (Å²) < 4.78 is 11.4. The SMILES string of the molecule is CS(=O)c1ccc(NC(=O)N2CCC(N3CCCC3)C2)cc1. The van der Waals surface area contributed by atoms with E-state index in [2.05, 4.69) is 10.2 Å². The Balaban J connectivity index is 1.54. The number of amides is 2. The van der Waals surface area contributed by atoms with Gasteiger partial charge in [0.25, 0.3) is 0 Å². The molecule has 6 heteroatoms. The van der Waals surface area contributed by atoms with Gasteiger partial charge in [0.2, 0.25) is 0 Å². The van der Waals surface area contributed by atoms with Crippen molar-refractivity contribution < 1.29 is 9.00 Å². The molecule has 2 saturated heterocycles. The molecule has 2 aliphatic rings. The van der Waals surface area contributed by atoms with Crippen molar-refractivity contribution in [2.75, 3.05) is 37.8 Å². The number of anilines is 1. The monoisotopic (exact) mass is 321 g/mol. The smallest absolute Gasteiger partial charge is 0.321 e. The van der Waals surface area contributed by atoms with Gasteiger partial charge in [-0.1, -0.05) is 0 Å². The molecule has 1 N–H and O–H groups in total. The lowest BCUT2D eigenvalue weighted by Crippen LogP contribution is -2.38. The number of hydrogen-bond donors (Lipinski definition) is 1. The molecule has 0 aliphatic carbocycles. The van der Waals surface area contributed by atoms with Gasteiger partial charge in [-0.3, -0.25) is 9.11 Å².